The molecule has 0 aromatic heterocycles. The van der Waals surface area contributed by atoms with Gasteiger partial charge in [-0.1, -0.05) is 46.3 Å². The van der Waals surface area contributed by atoms with E-state index >= 15 is 0 Å². The Kier molecular flexibility index (Phi) is 7.88. The highest BCUT2D eigenvalue weighted by Gasteiger charge is 2.39. The summed E-state index contributed by atoms with van der Waals surface area (Å²) in [5.74, 6) is 3.28. The number of hydrogen-bond acceptors (Lipinski definition) is 3. The molecule has 0 N–H and O–H groups in total. The molecule has 0 amide bonds. The van der Waals surface area contributed by atoms with E-state index in [1.165, 1.54) is 0 Å². The van der Waals surface area contributed by atoms with Crippen LogP contribution in [-0.2, 0) is 13.9 Å². The van der Waals surface area contributed by atoms with Crippen molar-refractivity contribution < 1.29 is 13.9 Å². The average molecular weight is 331 g/mol. The second-order valence-corrected chi connectivity index (χ2v) is 17.6. The Hall–Kier alpha value is -0.126. The van der Waals surface area contributed by atoms with E-state index in [1.807, 2.05) is 0 Å². The van der Waals surface area contributed by atoms with Crippen LogP contribution < -0.4 is 0 Å². The van der Waals surface area contributed by atoms with E-state index in [9.17, 15) is 0 Å². The lowest BCUT2D eigenvalue weighted by atomic mass is 10.2. The van der Waals surface area contributed by atoms with E-state index in [4.69, 9.17) is 13.9 Å². The third-order valence-corrected chi connectivity index (χ3v) is 9.14. The Labute approximate surface area is 133 Å². The molecule has 0 spiro atoms. The average Bonchev–Trinajstić information content (AvgIpc) is 2.25. The van der Waals surface area contributed by atoms with Gasteiger partial charge in [0.05, 0.1) is 6.10 Å². The van der Waals surface area contributed by atoms with Crippen molar-refractivity contribution >= 4 is 16.4 Å². The fourth-order valence-corrected chi connectivity index (χ4v) is 3.41. The number of ether oxygens (including phenoxy) is 2. The van der Waals surface area contributed by atoms with Gasteiger partial charge < -0.3 is 13.9 Å². The molecule has 0 unspecified atom stereocenters. The van der Waals surface area contributed by atoms with Gasteiger partial charge in [0.15, 0.2) is 8.32 Å². The first-order valence-corrected chi connectivity index (χ1v) is 14.0. The van der Waals surface area contributed by atoms with Crippen LogP contribution in [0.5, 0.6) is 0 Å². The molecule has 5 heteroatoms. The lowest BCUT2D eigenvalue weighted by Gasteiger charge is -2.39. The van der Waals surface area contributed by atoms with Gasteiger partial charge in [-0.05, 0) is 25.1 Å². The van der Waals surface area contributed by atoms with Gasteiger partial charge in [0.1, 0.15) is 21.0 Å². The highest BCUT2D eigenvalue weighted by atomic mass is 28.4. The summed E-state index contributed by atoms with van der Waals surface area (Å²) >= 11 is 0. The van der Waals surface area contributed by atoms with Crippen LogP contribution in [0.3, 0.4) is 0 Å². The van der Waals surface area contributed by atoms with Gasteiger partial charge in [-0.25, -0.2) is 0 Å². The fraction of sp³-hybridized carbons (Fsp3) is 0.875. The molecule has 124 valence electrons. The van der Waals surface area contributed by atoms with Crippen LogP contribution in [0.4, 0.5) is 0 Å². The number of rotatable bonds is 6. The molecule has 0 aromatic carbocycles. The summed E-state index contributed by atoms with van der Waals surface area (Å²) < 4.78 is 17.2. The molecule has 21 heavy (non-hydrogen) atoms. The van der Waals surface area contributed by atoms with Crippen molar-refractivity contribution in [2.75, 3.05) is 13.9 Å². The van der Waals surface area contributed by atoms with Gasteiger partial charge in [0.2, 0.25) is 0 Å². The third-order valence-electron chi connectivity index (χ3n) is 3.67. The largest absolute Gasteiger partial charge is 0.411 e. The Balaban J connectivity index is 5.03. The molecule has 0 saturated carbocycles. The SMILES string of the molecule is COCO[C@H](C#C[Si](C)(C)C)[C@H](C)O[Si](C)(C)C(C)(C)C. The van der Waals surface area contributed by atoms with Crippen LogP contribution >= 0.6 is 0 Å². The van der Waals surface area contributed by atoms with Crippen molar-refractivity contribution in [2.45, 2.75) is 77.7 Å². The maximum absolute atomic E-state index is 6.40. The van der Waals surface area contributed by atoms with Gasteiger partial charge >= 0.3 is 0 Å². The summed E-state index contributed by atoms with van der Waals surface area (Å²) in [5.41, 5.74) is 3.38. The molecule has 3 nitrogen and oxygen atoms in total. The van der Waals surface area contributed by atoms with E-state index in [1.54, 1.807) is 7.11 Å². The summed E-state index contributed by atoms with van der Waals surface area (Å²) in [7, 11) is -1.62. The molecular weight excluding hydrogens is 296 g/mol. The van der Waals surface area contributed by atoms with Gasteiger partial charge in [0, 0.05) is 7.11 Å². The van der Waals surface area contributed by atoms with Gasteiger partial charge in [-0.15, -0.1) is 5.54 Å². The van der Waals surface area contributed by atoms with Gasteiger partial charge in [-0.3, -0.25) is 0 Å². The predicted octanol–water partition coefficient (Wildman–Crippen LogP) is 4.27. The minimum absolute atomic E-state index is 0.0510. The summed E-state index contributed by atoms with van der Waals surface area (Å²) in [6, 6.07) is 0. The first-order valence-electron chi connectivity index (χ1n) is 7.61. The molecule has 0 aliphatic heterocycles. The Morgan fingerprint density at radius 3 is 1.95 bits per heavy atom. The van der Waals surface area contributed by atoms with E-state index in [-0.39, 0.29) is 24.0 Å². The lowest BCUT2D eigenvalue weighted by molar-refractivity contribution is -0.0825. The summed E-state index contributed by atoms with van der Waals surface area (Å²) in [6.07, 6.45) is -0.282. The molecule has 0 bridgehead atoms. The summed E-state index contributed by atoms with van der Waals surface area (Å²) in [5, 5.41) is 0.180. The lowest BCUT2D eigenvalue weighted by Crippen LogP contribution is -2.46. The molecule has 0 radical (unpaired) electrons. The van der Waals surface area contributed by atoms with Crippen LogP contribution in [0.1, 0.15) is 27.7 Å². The predicted molar refractivity (Wildman–Crippen MR) is 95.6 cm³/mol. The van der Waals surface area contributed by atoms with Gasteiger partial charge in [0.25, 0.3) is 0 Å². The number of hydrogen-bond donors (Lipinski definition) is 0. The maximum Gasteiger partial charge on any atom is 0.192 e. The molecule has 0 rings (SSSR count). The standard InChI is InChI=1S/C16H34O3Si2/c1-14(19-21(9,10)16(2,3)4)15(18-13-17-5)11-12-20(6,7)8/h14-15H,13H2,1-10H3/t14-,15+/m0/s1. The highest BCUT2D eigenvalue weighted by Crippen LogP contribution is 2.37. The minimum Gasteiger partial charge on any atom is -0.411 e. The van der Waals surface area contributed by atoms with Crippen molar-refractivity contribution in [3.63, 3.8) is 0 Å². The normalized spacial score (nSPS) is 16.1. The van der Waals surface area contributed by atoms with Crippen molar-refractivity contribution in [3.8, 4) is 11.5 Å². The first kappa shape index (κ1) is 20.9. The molecule has 0 saturated heterocycles. The van der Waals surface area contributed by atoms with E-state index in [0.29, 0.717) is 0 Å². The topological polar surface area (TPSA) is 27.7 Å². The van der Waals surface area contributed by atoms with E-state index in [0.717, 1.165) is 0 Å². The van der Waals surface area contributed by atoms with Crippen LogP contribution in [0.25, 0.3) is 0 Å². The van der Waals surface area contributed by atoms with Crippen LogP contribution in [0, 0.1) is 11.5 Å². The first-order chi connectivity index (χ1) is 9.30. The zero-order chi connectivity index (χ0) is 16.9. The molecular formula is C16H34O3Si2. The quantitative estimate of drug-likeness (QED) is 0.413. The molecule has 2 atom stereocenters. The van der Waals surface area contributed by atoms with E-state index in [2.05, 4.69) is 71.9 Å². The zero-order valence-corrected chi connectivity index (χ0v) is 17.6. The fourth-order valence-electron chi connectivity index (χ4n) is 1.43. The monoisotopic (exact) mass is 330 g/mol. The molecule has 0 heterocycles. The second kappa shape index (κ2) is 7.93. The third kappa shape index (κ3) is 8.17. The smallest absolute Gasteiger partial charge is 0.192 e. The maximum atomic E-state index is 6.40. The van der Waals surface area contributed by atoms with Crippen molar-refractivity contribution in [2.24, 2.45) is 0 Å². The molecule has 0 aromatic rings. The van der Waals surface area contributed by atoms with Crippen molar-refractivity contribution in [1.29, 1.82) is 0 Å². The Bertz CT molecular complexity index is 370. The molecule has 0 aliphatic carbocycles. The molecule has 0 aliphatic rings. The van der Waals surface area contributed by atoms with Crippen LogP contribution in [0.15, 0.2) is 0 Å². The minimum atomic E-state index is -1.82. The van der Waals surface area contributed by atoms with Crippen molar-refractivity contribution in [1.82, 2.24) is 0 Å². The summed E-state index contributed by atoms with van der Waals surface area (Å²) in [4.78, 5) is 0. The van der Waals surface area contributed by atoms with Crippen LogP contribution in [-0.4, -0.2) is 42.5 Å². The van der Waals surface area contributed by atoms with Crippen molar-refractivity contribution in [3.05, 3.63) is 0 Å². The van der Waals surface area contributed by atoms with Crippen LogP contribution in [0.2, 0.25) is 37.8 Å². The highest BCUT2D eigenvalue weighted by molar-refractivity contribution is 6.83. The Morgan fingerprint density at radius 2 is 1.57 bits per heavy atom. The van der Waals surface area contributed by atoms with Gasteiger partial charge in [-0.2, -0.15) is 0 Å². The second-order valence-electron chi connectivity index (χ2n) is 8.10. The van der Waals surface area contributed by atoms with E-state index < -0.39 is 16.4 Å². The number of methoxy groups -OCH3 is 1. The molecule has 0 fully saturated rings. The zero-order valence-electron chi connectivity index (χ0n) is 15.6. The Morgan fingerprint density at radius 1 is 1.05 bits per heavy atom. The summed E-state index contributed by atoms with van der Waals surface area (Å²) in [6.45, 7) is 20.2.